The highest BCUT2D eigenvalue weighted by Crippen LogP contribution is 2.36. The Morgan fingerprint density at radius 2 is 2.41 bits per heavy atom. The Kier molecular flexibility index (Phi) is 2.57. The number of aromatic nitrogens is 2. The van der Waals surface area contributed by atoms with Crippen LogP contribution in [0.2, 0.25) is 0 Å². The molecule has 1 aromatic heterocycles. The Labute approximate surface area is 99.7 Å². The average molecular weight is 229 g/mol. The van der Waals surface area contributed by atoms with Gasteiger partial charge in [0, 0.05) is 24.3 Å². The van der Waals surface area contributed by atoms with Crippen molar-refractivity contribution < 1.29 is 5.11 Å². The number of aromatic amines is 1. The molecule has 1 aliphatic rings. The second-order valence-corrected chi connectivity index (χ2v) is 4.42. The van der Waals surface area contributed by atoms with Crippen LogP contribution in [-0.2, 0) is 13.0 Å². The maximum absolute atomic E-state index is 9.76. The van der Waals surface area contributed by atoms with E-state index < -0.39 is 0 Å². The van der Waals surface area contributed by atoms with E-state index in [9.17, 15) is 5.11 Å². The summed E-state index contributed by atoms with van der Waals surface area (Å²) in [6.07, 6.45) is 5.71. The third-order valence-corrected chi connectivity index (χ3v) is 3.35. The van der Waals surface area contributed by atoms with Crippen molar-refractivity contribution in [1.29, 1.82) is 0 Å². The monoisotopic (exact) mass is 229 g/mol. The summed E-state index contributed by atoms with van der Waals surface area (Å²) in [5.41, 5.74) is 3.48. The average Bonchev–Trinajstić information content (AvgIpc) is 2.95. The number of nitrogens with zero attached hydrogens (tertiary/aromatic N) is 1. The summed E-state index contributed by atoms with van der Waals surface area (Å²) in [4.78, 5) is 0. The molecule has 1 aliphatic carbocycles. The van der Waals surface area contributed by atoms with Crippen molar-refractivity contribution in [3.63, 3.8) is 0 Å². The molecule has 1 heterocycles. The summed E-state index contributed by atoms with van der Waals surface area (Å²) in [6, 6.07) is 6.10. The van der Waals surface area contributed by atoms with Crippen molar-refractivity contribution in [3.8, 4) is 5.75 Å². The second-order valence-electron chi connectivity index (χ2n) is 4.42. The number of nitrogens with one attached hydrogen (secondary N) is 2. The van der Waals surface area contributed by atoms with Gasteiger partial charge >= 0.3 is 0 Å². The zero-order valence-electron chi connectivity index (χ0n) is 9.48. The van der Waals surface area contributed by atoms with Crippen molar-refractivity contribution in [3.05, 3.63) is 47.3 Å². The lowest BCUT2D eigenvalue weighted by atomic mass is 10.1. The summed E-state index contributed by atoms with van der Waals surface area (Å²) < 4.78 is 0. The van der Waals surface area contributed by atoms with Crippen molar-refractivity contribution in [1.82, 2.24) is 15.5 Å². The molecule has 0 bridgehead atoms. The van der Waals surface area contributed by atoms with Crippen molar-refractivity contribution in [2.45, 2.75) is 25.4 Å². The maximum Gasteiger partial charge on any atom is 0.119 e. The minimum Gasteiger partial charge on any atom is -0.508 e. The lowest BCUT2D eigenvalue weighted by molar-refractivity contribution is 0.469. The molecule has 1 atom stereocenters. The lowest BCUT2D eigenvalue weighted by Gasteiger charge is -2.13. The largest absolute Gasteiger partial charge is 0.508 e. The maximum atomic E-state index is 9.76. The minimum absolute atomic E-state index is 0.340. The standard InChI is InChI=1S/C13H15N3O/c17-13-3-1-2-10-11(13)4-5-12(10)14-6-9-7-15-16-8-9/h1-3,7-8,12,14,17H,4-6H2,(H,15,16). The lowest BCUT2D eigenvalue weighted by Crippen LogP contribution is -2.18. The number of aromatic hydroxyl groups is 1. The van der Waals surface area contributed by atoms with E-state index in [4.69, 9.17) is 0 Å². The number of phenolic OH excluding ortho intramolecular Hbond substituents is 1. The van der Waals surface area contributed by atoms with E-state index in [2.05, 4.69) is 21.6 Å². The van der Waals surface area contributed by atoms with Gasteiger partial charge < -0.3 is 10.4 Å². The van der Waals surface area contributed by atoms with Crippen LogP contribution < -0.4 is 5.32 Å². The Morgan fingerprint density at radius 1 is 1.47 bits per heavy atom. The first-order valence-electron chi connectivity index (χ1n) is 5.86. The van der Waals surface area contributed by atoms with Gasteiger partial charge in [-0.1, -0.05) is 12.1 Å². The first-order valence-corrected chi connectivity index (χ1v) is 5.86. The van der Waals surface area contributed by atoms with Gasteiger partial charge in [-0.25, -0.2) is 0 Å². The predicted molar refractivity (Wildman–Crippen MR) is 64.6 cm³/mol. The molecule has 17 heavy (non-hydrogen) atoms. The summed E-state index contributed by atoms with van der Waals surface area (Å²) in [7, 11) is 0. The predicted octanol–water partition coefficient (Wildman–Crippen LogP) is 1.89. The molecule has 2 aromatic rings. The third-order valence-electron chi connectivity index (χ3n) is 3.35. The van der Waals surface area contributed by atoms with Crippen LogP contribution in [0.5, 0.6) is 5.75 Å². The highest BCUT2D eigenvalue weighted by Gasteiger charge is 2.23. The molecule has 0 aliphatic heterocycles. The molecule has 0 saturated carbocycles. The Bertz CT molecular complexity index is 507. The molecular formula is C13H15N3O. The van der Waals surface area contributed by atoms with Crippen LogP contribution in [0.4, 0.5) is 0 Å². The third kappa shape index (κ3) is 1.91. The van der Waals surface area contributed by atoms with E-state index in [1.807, 2.05) is 18.5 Å². The number of fused-ring (bicyclic) bond motifs is 1. The van der Waals surface area contributed by atoms with Crippen LogP contribution in [0.25, 0.3) is 0 Å². The van der Waals surface area contributed by atoms with Crippen molar-refractivity contribution in [2.24, 2.45) is 0 Å². The quantitative estimate of drug-likeness (QED) is 0.753. The van der Waals surface area contributed by atoms with Gasteiger partial charge in [-0.15, -0.1) is 0 Å². The summed E-state index contributed by atoms with van der Waals surface area (Å²) in [6.45, 7) is 0.802. The molecule has 0 spiro atoms. The molecule has 1 aromatic carbocycles. The van der Waals surface area contributed by atoms with Gasteiger partial charge in [0.1, 0.15) is 5.75 Å². The van der Waals surface area contributed by atoms with Crippen LogP contribution in [0.3, 0.4) is 0 Å². The number of rotatable bonds is 3. The molecule has 3 rings (SSSR count). The Balaban J connectivity index is 1.73. The topological polar surface area (TPSA) is 60.9 Å². The van der Waals surface area contributed by atoms with E-state index in [0.29, 0.717) is 11.8 Å². The van der Waals surface area contributed by atoms with Gasteiger partial charge in [0.05, 0.1) is 6.20 Å². The SMILES string of the molecule is Oc1cccc2c1CCC2NCc1cn[nH]c1. The molecule has 0 saturated heterocycles. The highest BCUT2D eigenvalue weighted by molar-refractivity contribution is 5.44. The van der Waals surface area contributed by atoms with Gasteiger partial charge in [0.2, 0.25) is 0 Å². The van der Waals surface area contributed by atoms with Crippen molar-refractivity contribution in [2.75, 3.05) is 0 Å². The fourth-order valence-corrected chi connectivity index (χ4v) is 2.46. The van der Waals surface area contributed by atoms with E-state index in [1.54, 1.807) is 6.07 Å². The highest BCUT2D eigenvalue weighted by atomic mass is 16.3. The number of phenols is 1. The molecule has 0 radical (unpaired) electrons. The van der Waals surface area contributed by atoms with Gasteiger partial charge in [0.15, 0.2) is 0 Å². The van der Waals surface area contributed by atoms with Gasteiger partial charge in [-0.05, 0) is 30.0 Å². The second kappa shape index (κ2) is 4.22. The van der Waals surface area contributed by atoms with Gasteiger partial charge in [-0.2, -0.15) is 5.10 Å². The fraction of sp³-hybridized carbons (Fsp3) is 0.308. The van der Waals surface area contributed by atoms with Crippen LogP contribution >= 0.6 is 0 Å². The normalized spacial score (nSPS) is 18.2. The Morgan fingerprint density at radius 3 is 3.24 bits per heavy atom. The first-order chi connectivity index (χ1) is 8.34. The minimum atomic E-state index is 0.340. The number of hydrogen-bond acceptors (Lipinski definition) is 3. The summed E-state index contributed by atoms with van der Waals surface area (Å²) in [5.74, 6) is 0.426. The summed E-state index contributed by atoms with van der Waals surface area (Å²) >= 11 is 0. The van der Waals surface area contributed by atoms with E-state index in [0.717, 1.165) is 30.5 Å². The smallest absolute Gasteiger partial charge is 0.119 e. The molecule has 88 valence electrons. The number of hydrogen-bond donors (Lipinski definition) is 3. The van der Waals surface area contributed by atoms with Crippen LogP contribution in [0.15, 0.2) is 30.6 Å². The molecule has 0 fully saturated rings. The Hall–Kier alpha value is -1.81. The zero-order chi connectivity index (χ0) is 11.7. The molecule has 4 nitrogen and oxygen atoms in total. The van der Waals surface area contributed by atoms with Crippen LogP contribution in [0, 0.1) is 0 Å². The molecule has 4 heteroatoms. The van der Waals surface area contributed by atoms with E-state index in [-0.39, 0.29) is 0 Å². The first kappa shape index (κ1) is 10.4. The number of H-pyrrole nitrogens is 1. The zero-order valence-corrected chi connectivity index (χ0v) is 9.48. The van der Waals surface area contributed by atoms with Crippen LogP contribution in [-0.4, -0.2) is 15.3 Å². The fourth-order valence-electron chi connectivity index (χ4n) is 2.46. The van der Waals surface area contributed by atoms with Crippen molar-refractivity contribution >= 4 is 0 Å². The van der Waals surface area contributed by atoms with Gasteiger partial charge in [0.25, 0.3) is 0 Å². The summed E-state index contributed by atoms with van der Waals surface area (Å²) in [5, 5.41) is 20.0. The molecular weight excluding hydrogens is 214 g/mol. The van der Waals surface area contributed by atoms with Gasteiger partial charge in [-0.3, -0.25) is 5.10 Å². The molecule has 3 N–H and O–H groups in total. The van der Waals surface area contributed by atoms with E-state index in [1.165, 1.54) is 5.56 Å². The van der Waals surface area contributed by atoms with E-state index >= 15 is 0 Å². The number of benzene rings is 1. The molecule has 0 amide bonds. The molecule has 1 unspecified atom stereocenters. The van der Waals surface area contributed by atoms with Crippen LogP contribution in [0.1, 0.15) is 29.2 Å².